The van der Waals surface area contributed by atoms with E-state index in [4.69, 9.17) is 28.8 Å². The number of aliphatic hydroxyl groups excluding tert-OH is 12. The zero-order valence-electron chi connectivity index (χ0n) is 22.9. The number of aliphatic carboxylic acids is 1. The van der Waals surface area contributed by atoms with Crippen LogP contribution in [-0.4, -0.2) is 202 Å². The Hall–Kier alpha value is -1.74. The molecular formula is C23H39NO20. The highest BCUT2D eigenvalue weighted by Crippen LogP contribution is 2.35. The molecule has 3 rings (SSSR count). The lowest BCUT2D eigenvalue weighted by molar-refractivity contribution is -0.364. The van der Waals surface area contributed by atoms with Crippen LogP contribution < -0.4 is 5.32 Å². The molecule has 0 aliphatic carbocycles. The minimum absolute atomic E-state index is 0.857. The van der Waals surface area contributed by atoms with Crippen LogP contribution in [0.25, 0.3) is 0 Å². The average molecular weight is 650 g/mol. The summed E-state index contributed by atoms with van der Waals surface area (Å²) in [7, 11) is 0. The highest BCUT2D eigenvalue weighted by Gasteiger charge is 2.57. The van der Waals surface area contributed by atoms with Crippen LogP contribution in [0, 0.1) is 0 Å². The van der Waals surface area contributed by atoms with Gasteiger partial charge in [-0.3, -0.25) is 4.79 Å². The van der Waals surface area contributed by atoms with Crippen molar-refractivity contribution in [1.82, 2.24) is 5.32 Å². The number of ether oxygens (including phenoxy) is 5. The fraction of sp³-hybridized carbons (Fsp3) is 0.913. The quantitative estimate of drug-likeness (QED) is 0.0932. The van der Waals surface area contributed by atoms with Crippen LogP contribution in [0.5, 0.6) is 0 Å². The topological polar surface area (TPSA) is 355 Å². The van der Waals surface area contributed by atoms with E-state index in [0.717, 1.165) is 0 Å². The molecule has 0 spiro atoms. The maximum atomic E-state index is 12.4. The number of carboxylic acid groups (broad SMARTS) is 1. The van der Waals surface area contributed by atoms with Crippen molar-refractivity contribution < 1.29 is 99.7 Å². The molecule has 1 amide bonds. The van der Waals surface area contributed by atoms with E-state index in [1.807, 2.05) is 0 Å². The molecule has 3 aliphatic rings. The Labute approximate surface area is 248 Å². The van der Waals surface area contributed by atoms with Crippen molar-refractivity contribution in [3.63, 3.8) is 0 Å². The molecule has 3 saturated heterocycles. The average Bonchev–Trinajstić information content (AvgIpc) is 3.00. The van der Waals surface area contributed by atoms with Gasteiger partial charge in [0.2, 0.25) is 5.91 Å². The number of amides is 1. The predicted octanol–water partition coefficient (Wildman–Crippen LogP) is -9.25. The van der Waals surface area contributed by atoms with Gasteiger partial charge in [-0.1, -0.05) is 0 Å². The summed E-state index contributed by atoms with van der Waals surface area (Å²) in [5.41, 5.74) is 0. The van der Waals surface area contributed by atoms with E-state index >= 15 is 0 Å². The van der Waals surface area contributed by atoms with Gasteiger partial charge >= 0.3 is 5.97 Å². The molecule has 3 heterocycles. The monoisotopic (exact) mass is 649 g/mol. The zero-order chi connectivity index (χ0) is 33.1. The van der Waals surface area contributed by atoms with Crippen molar-refractivity contribution in [1.29, 1.82) is 0 Å². The van der Waals surface area contributed by atoms with Crippen molar-refractivity contribution >= 4 is 11.9 Å². The van der Waals surface area contributed by atoms with Crippen molar-refractivity contribution in [3.8, 4) is 0 Å². The Morgan fingerprint density at radius 3 is 2.11 bits per heavy atom. The molecule has 3 fully saturated rings. The molecule has 0 unspecified atom stereocenters. The van der Waals surface area contributed by atoms with Crippen LogP contribution in [-0.2, 0) is 33.3 Å². The molecule has 256 valence electrons. The molecule has 3 aliphatic heterocycles. The highest BCUT2D eigenvalue weighted by atomic mass is 16.8. The second-order valence-electron chi connectivity index (χ2n) is 10.6. The molecule has 0 aromatic heterocycles. The van der Waals surface area contributed by atoms with Crippen LogP contribution in [0.15, 0.2) is 0 Å². The lowest BCUT2D eigenvalue weighted by Gasteiger charge is -2.48. The fourth-order valence-corrected chi connectivity index (χ4v) is 5.05. The second kappa shape index (κ2) is 15.2. The summed E-state index contributed by atoms with van der Waals surface area (Å²) < 4.78 is 26.6. The van der Waals surface area contributed by atoms with E-state index in [1.54, 1.807) is 0 Å². The zero-order valence-corrected chi connectivity index (χ0v) is 22.9. The van der Waals surface area contributed by atoms with Gasteiger partial charge in [0.15, 0.2) is 12.6 Å². The molecule has 16 atom stereocenters. The van der Waals surface area contributed by atoms with E-state index in [-0.39, 0.29) is 0 Å². The summed E-state index contributed by atoms with van der Waals surface area (Å²) in [6, 6.07) is -1.63. The van der Waals surface area contributed by atoms with Gasteiger partial charge in [0.25, 0.3) is 5.79 Å². The first kappa shape index (κ1) is 36.7. The van der Waals surface area contributed by atoms with Crippen molar-refractivity contribution in [3.05, 3.63) is 0 Å². The largest absolute Gasteiger partial charge is 0.477 e. The number of nitrogens with one attached hydrogen (secondary N) is 1. The summed E-state index contributed by atoms with van der Waals surface area (Å²) in [6.07, 6.45) is -27.6. The smallest absolute Gasteiger partial charge is 0.364 e. The summed E-state index contributed by atoms with van der Waals surface area (Å²) in [6.45, 7) is -4.00. The molecule has 14 N–H and O–H groups in total. The molecule has 0 saturated carbocycles. The molecule has 21 nitrogen and oxygen atoms in total. The number of carbonyl (C=O) groups is 2. The van der Waals surface area contributed by atoms with Crippen LogP contribution >= 0.6 is 0 Å². The van der Waals surface area contributed by atoms with Gasteiger partial charge in [0.1, 0.15) is 73.8 Å². The highest BCUT2D eigenvalue weighted by molar-refractivity contribution is 5.78. The number of carboxylic acids is 1. The number of aliphatic hydroxyl groups is 12. The van der Waals surface area contributed by atoms with Crippen molar-refractivity contribution in [2.24, 2.45) is 0 Å². The van der Waals surface area contributed by atoms with E-state index in [0.29, 0.717) is 0 Å². The lowest BCUT2D eigenvalue weighted by Crippen LogP contribution is -2.69. The third-order valence-corrected chi connectivity index (χ3v) is 7.57. The van der Waals surface area contributed by atoms with Gasteiger partial charge in [-0.05, 0) is 0 Å². The Morgan fingerprint density at radius 2 is 1.55 bits per heavy atom. The van der Waals surface area contributed by atoms with Gasteiger partial charge in [-0.2, -0.15) is 0 Å². The lowest BCUT2D eigenvalue weighted by atomic mass is 9.88. The van der Waals surface area contributed by atoms with E-state index in [9.17, 15) is 70.9 Å². The number of hydrogen-bond acceptors (Lipinski definition) is 19. The standard InChI is InChI=1S/C23H39NO20/c25-2-7(29)12(31)19-11(24-10(30)4-27)6(28)1-23(44-19,22(38)39)40-5-9-13(32)14(33)17(36)21(42-9)43-18-8(3-26)41-20(37)16(35)15(18)34/h6-9,11-21,25-29,31-37H,1-5H2,(H,24,30)(H,38,39)/t6-,7+,8+,9+,11+,12+,13-,14-,15+,16+,17+,18-,19+,20-,21-,23+/m0/s1. The van der Waals surface area contributed by atoms with Gasteiger partial charge in [0.05, 0.1) is 32.0 Å². The van der Waals surface area contributed by atoms with Crippen molar-refractivity contribution in [2.75, 3.05) is 26.4 Å². The number of rotatable bonds is 12. The SMILES string of the molecule is O=C(CO)N[C@H]1[C@H]([C@H](O)[C@H](O)CO)O[C@@](OC[C@H]2O[C@@H](O[C@@H]3[C@H](O)[C@@H](O)[C@@H](O)O[C@@H]3CO)[C@H](O)[C@@H](O)[C@H]2O)(C(=O)O)C[C@@H]1O. The predicted molar refractivity (Wildman–Crippen MR) is 131 cm³/mol. The van der Waals surface area contributed by atoms with Gasteiger partial charge < -0.3 is 95.4 Å². The maximum Gasteiger partial charge on any atom is 0.364 e. The van der Waals surface area contributed by atoms with Gasteiger partial charge in [-0.15, -0.1) is 0 Å². The molecule has 44 heavy (non-hydrogen) atoms. The molecule has 0 aromatic rings. The Kier molecular flexibility index (Phi) is 12.7. The van der Waals surface area contributed by atoms with Crippen LogP contribution in [0.1, 0.15) is 6.42 Å². The van der Waals surface area contributed by atoms with Crippen LogP contribution in [0.2, 0.25) is 0 Å². The molecule has 0 radical (unpaired) electrons. The minimum atomic E-state index is -2.89. The first-order chi connectivity index (χ1) is 20.6. The summed E-state index contributed by atoms with van der Waals surface area (Å²) in [5, 5.41) is 132. The van der Waals surface area contributed by atoms with Crippen LogP contribution in [0.3, 0.4) is 0 Å². The molecule has 0 aromatic carbocycles. The minimum Gasteiger partial charge on any atom is -0.477 e. The fourth-order valence-electron chi connectivity index (χ4n) is 5.05. The third kappa shape index (κ3) is 7.62. The second-order valence-corrected chi connectivity index (χ2v) is 10.6. The maximum absolute atomic E-state index is 12.4. The first-order valence-electron chi connectivity index (χ1n) is 13.4. The summed E-state index contributed by atoms with van der Waals surface area (Å²) >= 11 is 0. The molecule has 0 bridgehead atoms. The van der Waals surface area contributed by atoms with E-state index in [2.05, 4.69) is 5.32 Å². The Morgan fingerprint density at radius 1 is 0.886 bits per heavy atom. The number of carbonyl (C=O) groups excluding carboxylic acids is 1. The molecule has 21 heteroatoms. The molecular weight excluding hydrogens is 610 g/mol. The Bertz CT molecular complexity index is 959. The summed E-state index contributed by atoms with van der Waals surface area (Å²) in [5.74, 6) is -5.89. The third-order valence-electron chi connectivity index (χ3n) is 7.57. The Balaban J connectivity index is 1.82. The van der Waals surface area contributed by atoms with Crippen molar-refractivity contribution in [2.45, 2.75) is 104 Å². The van der Waals surface area contributed by atoms with E-state index in [1.165, 1.54) is 0 Å². The van der Waals surface area contributed by atoms with E-state index < -0.39 is 142 Å². The summed E-state index contributed by atoms with van der Waals surface area (Å²) in [4.78, 5) is 24.2. The number of hydrogen-bond donors (Lipinski definition) is 14. The van der Waals surface area contributed by atoms with Crippen LogP contribution in [0.4, 0.5) is 0 Å². The first-order valence-corrected chi connectivity index (χ1v) is 13.4. The normalized spacial score (nSPS) is 44.5. The van der Waals surface area contributed by atoms with Gasteiger partial charge in [-0.25, -0.2) is 4.79 Å². The van der Waals surface area contributed by atoms with Gasteiger partial charge in [0, 0.05) is 6.42 Å².